The number of carbonyl (C=O) groups excluding carboxylic acids is 1. The Morgan fingerprint density at radius 2 is 1.57 bits per heavy atom. The van der Waals surface area contributed by atoms with Crippen molar-refractivity contribution in [3.05, 3.63) is 54.6 Å². The van der Waals surface area contributed by atoms with Gasteiger partial charge in [-0.3, -0.25) is 0 Å². The Morgan fingerprint density at radius 3 is 2.11 bits per heavy atom. The van der Waals surface area contributed by atoms with Gasteiger partial charge in [0.2, 0.25) is 0 Å². The first-order chi connectivity index (χ1) is 13.2. The summed E-state index contributed by atoms with van der Waals surface area (Å²) in [6.07, 6.45) is -0.306. The van der Waals surface area contributed by atoms with Crippen LogP contribution in [0.5, 0.6) is 11.5 Å². The van der Waals surface area contributed by atoms with E-state index in [1.165, 1.54) is 0 Å². The number of likely N-dealkylation sites (N-methyl/N-ethyl adjacent to an activating group) is 1. The highest BCUT2D eigenvalue weighted by molar-refractivity contribution is 5.68. The van der Waals surface area contributed by atoms with Gasteiger partial charge in [-0.05, 0) is 63.1 Å². The van der Waals surface area contributed by atoms with E-state index >= 15 is 0 Å². The summed E-state index contributed by atoms with van der Waals surface area (Å²) in [5, 5.41) is 3.41. The number of nitrogens with zero attached hydrogens (tertiary/aromatic N) is 1. The van der Waals surface area contributed by atoms with Crippen molar-refractivity contribution in [2.45, 2.75) is 46.3 Å². The maximum atomic E-state index is 12.4. The fraction of sp³-hybridized carbons (Fsp3) is 0.435. The molecular formula is C23H32N2O3. The molecule has 1 atom stereocenters. The highest BCUT2D eigenvalue weighted by Gasteiger charge is 2.27. The van der Waals surface area contributed by atoms with Crippen molar-refractivity contribution in [1.29, 1.82) is 0 Å². The van der Waals surface area contributed by atoms with Crippen molar-refractivity contribution in [3.63, 3.8) is 0 Å². The van der Waals surface area contributed by atoms with Crippen LogP contribution in [0.25, 0.3) is 0 Å². The second kappa shape index (κ2) is 9.49. The van der Waals surface area contributed by atoms with Gasteiger partial charge < -0.3 is 19.7 Å². The summed E-state index contributed by atoms with van der Waals surface area (Å²) in [5.41, 5.74) is 0.471. The van der Waals surface area contributed by atoms with Gasteiger partial charge in [0.05, 0.1) is 6.04 Å². The number of hydrogen-bond donors (Lipinski definition) is 1. The van der Waals surface area contributed by atoms with Crippen molar-refractivity contribution < 1.29 is 14.3 Å². The maximum absolute atomic E-state index is 12.4. The Hall–Kier alpha value is -2.69. The predicted molar refractivity (Wildman–Crippen MR) is 114 cm³/mol. The third-order valence-electron chi connectivity index (χ3n) is 4.30. The standard InChI is InChI=1S/C23H32N2O3/c1-17(2)21(25(6)22(26)28-23(3,4)5)16-24-18-12-14-20(15-13-18)27-19-10-8-7-9-11-19/h7-15,17,21,24H,16H2,1-6H3. The number of carbonyl (C=O) groups is 1. The van der Waals surface area contributed by atoms with E-state index in [1.807, 2.05) is 75.4 Å². The minimum atomic E-state index is -0.505. The molecule has 0 aliphatic heterocycles. The Bertz CT molecular complexity index is 737. The predicted octanol–water partition coefficient (Wildman–Crippen LogP) is 5.78. The molecule has 0 aromatic heterocycles. The molecule has 5 heteroatoms. The first kappa shape index (κ1) is 21.6. The van der Waals surface area contributed by atoms with Gasteiger partial charge >= 0.3 is 6.09 Å². The second-order valence-electron chi connectivity index (χ2n) is 8.22. The minimum Gasteiger partial charge on any atom is -0.457 e. The lowest BCUT2D eigenvalue weighted by atomic mass is 10.0. The van der Waals surface area contributed by atoms with Gasteiger partial charge in [0, 0.05) is 19.3 Å². The molecule has 0 saturated heterocycles. The summed E-state index contributed by atoms with van der Waals surface area (Å²) in [5.74, 6) is 1.87. The number of anilines is 1. The molecule has 0 bridgehead atoms. The van der Waals surface area contributed by atoms with E-state index in [-0.39, 0.29) is 18.1 Å². The third-order valence-corrected chi connectivity index (χ3v) is 4.30. The minimum absolute atomic E-state index is 0.00935. The number of para-hydroxylation sites is 1. The highest BCUT2D eigenvalue weighted by Crippen LogP contribution is 2.23. The summed E-state index contributed by atoms with van der Waals surface area (Å²) in [6.45, 7) is 10.5. The van der Waals surface area contributed by atoms with E-state index in [0.717, 1.165) is 17.2 Å². The lowest BCUT2D eigenvalue weighted by molar-refractivity contribution is 0.0192. The molecule has 2 rings (SSSR count). The van der Waals surface area contributed by atoms with E-state index < -0.39 is 5.60 Å². The number of rotatable bonds is 7. The van der Waals surface area contributed by atoms with Gasteiger partial charge in [-0.1, -0.05) is 32.0 Å². The van der Waals surface area contributed by atoms with Crippen LogP contribution in [-0.4, -0.2) is 36.2 Å². The normalized spacial score (nSPS) is 12.4. The van der Waals surface area contributed by atoms with E-state index in [9.17, 15) is 4.79 Å². The van der Waals surface area contributed by atoms with Crippen molar-refractivity contribution in [1.82, 2.24) is 4.90 Å². The molecular weight excluding hydrogens is 352 g/mol. The van der Waals surface area contributed by atoms with Crippen LogP contribution in [-0.2, 0) is 4.74 Å². The SMILES string of the molecule is CC(C)C(CNc1ccc(Oc2ccccc2)cc1)N(C)C(=O)OC(C)(C)C. The van der Waals surface area contributed by atoms with Crippen molar-refractivity contribution in [3.8, 4) is 11.5 Å². The van der Waals surface area contributed by atoms with Gasteiger partial charge in [-0.25, -0.2) is 4.79 Å². The van der Waals surface area contributed by atoms with E-state index in [4.69, 9.17) is 9.47 Å². The molecule has 1 unspecified atom stereocenters. The fourth-order valence-electron chi connectivity index (χ4n) is 2.78. The zero-order valence-corrected chi connectivity index (χ0v) is 17.7. The summed E-state index contributed by atoms with van der Waals surface area (Å²) < 4.78 is 11.3. The second-order valence-corrected chi connectivity index (χ2v) is 8.22. The third kappa shape index (κ3) is 6.80. The molecule has 5 nitrogen and oxygen atoms in total. The molecule has 0 aliphatic carbocycles. The molecule has 0 fully saturated rings. The van der Waals surface area contributed by atoms with Crippen LogP contribution < -0.4 is 10.1 Å². The Balaban J connectivity index is 1.95. The van der Waals surface area contributed by atoms with Gasteiger partial charge in [-0.15, -0.1) is 0 Å². The van der Waals surface area contributed by atoms with E-state index in [1.54, 1.807) is 11.9 Å². The average molecular weight is 385 g/mol. The molecule has 0 heterocycles. The van der Waals surface area contributed by atoms with Crippen LogP contribution >= 0.6 is 0 Å². The van der Waals surface area contributed by atoms with Crippen LogP contribution in [0.2, 0.25) is 0 Å². The van der Waals surface area contributed by atoms with Gasteiger partial charge in [0.1, 0.15) is 17.1 Å². The van der Waals surface area contributed by atoms with Gasteiger partial charge in [-0.2, -0.15) is 0 Å². The summed E-state index contributed by atoms with van der Waals surface area (Å²) in [7, 11) is 1.79. The smallest absolute Gasteiger partial charge is 0.410 e. The quantitative estimate of drug-likeness (QED) is 0.657. The Morgan fingerprint density at radius 1 is 1.00 bits per heavy atom. The van der Waals surface area contributed by atoms with E-state index in [0.29, 0.717) is 6.54 Å². The fourth-order valence-corrected chi connectivity index (χ4v) is 2.78. The number of benzene rings is 2. The molecule has 28 heavy (non-hydrogen) atoms. The number of hydrogen-bond acceptors (Lipinski definition) is 4. The number of amides is 1. The zero-order valence-electron chi connectivity index (χ0n) is 17.7. The van der Waals surface area contributed by atoms with Crippen molar-refractivity contribution in [2.24, 2.45) is 5.92 Å². The zero-order chi connectivity index (χ0) is 20.7. The monoisotopic (exact) mass is 384 g/mol. The van der Waals surface area contributed by atoms with Crippen LogP contribution in [0, 0.1) is 5.92 Å². The average Bonchev–Trinajstić information content (AvgIpc) is 2.62. The molecule has 152 valence electrons. The summed E-state index contributed by atoms with van der Waals surface area (Å²) in [4.78, 5) is 14.1. The van der Waals surface area contributed by atoms with E-state index in [2.05, 4.69) is 19.2 Å². The topological polar surface area (TPSA) is 50.8 Å². The first-order valence-corrected chi connectivity index (χ1v) is 9.68. The van der Waals surface area contributed by atoms with Crippen LogP contribution in [0.4, 0.5) is 10.5 Å². The molecule has 0 aliphatic rings. The Kier molecular flexibility index (Phi) is 7.32. The molecule has 0 saturated carbocycles. The molecule has 1 amide bonds. The van der Waals surface area contributed by atoms with Crippen LogP contribution in [0.1, 0.15) is 34.6 Å². The lowest BCUT2D eigenvalue weighted by Crippen LogP contribution is -2.46. The van der Waals surface area contributed by atoms with Gasteiger partial charge in [0.25, 0.3) is 0 Å². The molecule has 2 aromatic rings. The maximum Gasteiger partial charge on any atom is 0.410 e. The molecule has 1 N–H and O–H groups in total. The van der Waals surface area contributed by atoms with Crippen LogP contribution in [0.15, 0.2) is 54.6 Å². The molecule has 2 aromatic carbocycles. The number of nitrogens with one attached hydrogen (secondary N) is 1. The largest absolute Gasteiger partial charge is 0.457 e. The van der Waals surface area contributed by atoms with Gasteiger partial charge in [0.15, 0.2) is 0 Å². The highest BCUT2D eigenvalue weighted by atomic mass is 16.6. The first-order valence-electron chi connectivity index (χ1n) is 9.68. The molecule has 0 spiro atoms. The van der Waals surface area contributed by atoms with Crippen molar-refractivity contribution in [2.75, 3.05) is 18.9 Å². The van der Waals surface area contributed by atoms with Crippen molar-refractivity contribution >= 4 is 11.8 Å². The summed E-state index contributed by atoms with van der Waals surface area (Å²) in [6, 6.07) is 17.5. The number of ether oxygens (including phenoxy) is 2. The molecule has 0 radical (unpaired) electrons. The lowest BCUT2D eigenvalue weighted by Gasteiger charge is -2.33. The Labute approximate surface area is 168 Å². The summed E-state index contributed by atoms with van der Waals surface area (Å²) >= 11 is 0. The van der Waals surface area contributed by atoms with Crippen LogP contribution in [0.3, 0.4) is 0 Å².